The Bertz CT molecular complexity index is 461. The summed E-state index contributed by atoms with van der Waals surface area (Å²) in [6.07, 6.45) is 0.238. The first-order valence-corrected chi connectivity index (χ1v) is 5.68. The molecule has 0 saturated heterocycles. The lowest BCUT2D eigenvalue weighted by Gasteiger charge is -2.11. The van der Waals surface area contributed by atoms with Gasteiger partial charge in [0.25, 0.3) is 0 Å². The molecule has 0 bridgehead atoms. The summed E-state index contributed by atoms with van der Waals surface area (Å²) in [6.45, 7) is 3.61. The maximum absolute atomic E-state index is 11.6. The molecule has 0 fully saturated rings. The standard InChI is InChI=1S/C13H18N2O3.ClH/c1-8-4-5-10(13(17)18-3)7-11(8)15-12(16)6-9(2)14;/h4-5,7,9H,6,14H2,1-3H3,(H,15,16);1H. The lowest BCUT2D eigenvalue weighted by molar-refractivity contribution is -0.116. The van der Waals surface area contributed by atoms with Crippen LogP contribution >= 0.6 is 12.4 Å². The van der Waals surface area contributed by atoms with Crippen LogP contribution in [-0.4, -0.2) is 25.0 Å². The molecule has 1 aromatic rings. The van der Waals surface area contributed by atoms with Crippen LogP contribution in [0.2, 0.25) is 0 Å². The van der Waals surface area contributed by atoms with Gasteiger partial charge in [0.2, 0.25) is 5.91 Å². The minimum atomic E-state index is -0.433. The number of nitrogens with one attached hydrogen (secondary N) is 1. The summed E-state index contributed by atoms with van der Waals surface area (Å²) < 4.78 is 4.63. The van der Waals surface area contributed by atoms with Gasteiger partial charge in [0.15, 0.2) is 0 Å². The van der Waals surface area contributed by atoms with Crippen molar-refractivity contribution < 1.29 is 14.3 Å². The van der Waals surface area contributed by atoms with Crippen molar-refractivity contribution in [2.75, 3.05) is 12.4 Å². The smallest absolute Gasteiger partial charge is 0.337 e. The quantitative estimate of drug-likeness (QED) is 0.828. The Hall–Kier alpha value is -1.59. The second-order valence-electron chi connectivity index (χ2n) is 4.25. The summed E-state index contributed by atoms with van der Waals surface area (Å²) in [5.41, 5.74) is 7.43. The number of nitrogens with two attached hydrogens (primary N) is 1. The third-order valence-electron chi connectivity index (χ3n) is 2.44. The van der Waals surface area contributed by atoms with Crippen molar-refractivity contribution in [2.45, 2.75) is 26.3 Å². The minimum Gasteiger partial charge on any atom is -0.465 e. The van der Waals surface area contributed by atoms with Gasteiger partial charge in [-0.05, 0) is 31.5 Å². The number of hydrogen-bond donors (Lipinski definition) is 2. The highest BCUT2D eigenvalue weighted by molar-refractivity contribution is 5.95. The van der Waals surface area contributed by atoms with E-state index in [4.69, 9.17) is 5.73 Å². The average Bonchev–Trinajstić information content (AvgIpc) is 2.30. The first-order chi connectivity index (χ1) is 8.43. The fourth-order valence-electron chi connectivity index (χ4n) is 1.50. The SMILES string of the molecule is COC(=O)c1ccc(C)c(NC(=O)CC(C)N)c1.Cl. The summed E-state index contributed by atoms with van der Waals surface area (Å²) in [4.78, 5) is 23.0. The van der Waals surface area contributed by atoms with Crippen LogP contribution in [0.15, 0.2) is 18.2 Å². The zero-order valence-corrected chi connectivity index (χ0v) is 12.0. The number of halogens is 1. The van der Waals surface area contributed by atoms with Crippen LogP contribution in [0.5, 0.6) is 0 Å². The van der Waals surface area contributed by atoms with E-state index in [2.05, 4.69) is 10.1 Å². The number of carbonyl (C=O) groups is 2. The third kappa shape index (κ3) is 5.28. The summed E-state index contributed by atoms with van der Waals surface area (Å²) >= 11 is 0. The highest BCUT2D eigenvalue weighted by Gasteiger charge is 2.11. The molecular weight excluding hydrogens is 268 g/mol. The molecule has 1 aromatic carbocycles. The molecule has 19 heavy (non-hydrogen) atoms. The van der Waals surface area contributed by atoms with E-state index < -0.39 is 5.97 Å². The fraction of sp³-hybridized carbons (Fsp3) is 0.385. The first-order valence-electron chi connectivity index (χ1n) is 5.68. The van der Waals surface area contributed by atoms with Gasteiger partial charge in [-0.1, -0.05) is 6.07 Å². The number of methoxy groups -OCH3 is 1. The Labute approximate surface area is 118 Å². The summed E-state index contributed by atoms with van der Waals surface area (Å²) in [7, 11) is 1.32. The maximum atomic E-state index is 11.6. The lowest BCUT2D eigenvalue weighted by atomic mass is 10.1. The topological polar surface area (TPSA) is 81.4 Å². The van der Waals surface area contributed by atoms with E-state index in [9.17, 15) is 9.59 Å². The zero-order chi connectivity index (χ0) is 13.7. The monoisotopic (exact) mass is 286 g/mol. The summed E-state index contributed by atoms with van der Waals surface area (Å²) in [6, 6.07) is 4.81. The predicted octanol–water partition coefficient (Wildman–Crippen LogP) is 1.88. The van der Waals surface area contributed by atoms with E-state index in [1.165, 1.54) is 7.11 Å². The highest BCUT2D eigenvalue weighted by Crippen LogP contribution is 2.17. The van der Waals surface area contributed by atoms with Crippen molar-refractivity contribution in [1.29, 1.82) is 0 Å². The van der Waals surface area contributed by atoms with Crippen molar-refractivity contribution in [3.05, 3.63) is 29.3 Å². The Morgan fingerprint density at radius 2 is 2.05 bits per heavy atom. The van der Waals surface area contributed by atoms with Crippen LogP contribution in [0.3, 0.4) is 0 Å². The van der Waals surface area contributed by atoms with Crippen molar-refractivity contribution in [3.8, 4) is 0 Å². The van der Waals surface area contributed by atoms with Gasteiger partial charge in [-0.2, -0.15) is 0 Å². The third-order valence-corrected chi connectivity index (χ3v) is 2.44. The van der Waals surface area contributed by atoms with Crippen molar-refractivity contribution in [3.63, 3.8) is 0 Å². The van der Waals surface area contributed by atoms with Gasteiger partial charge in [-0.3, -0.25) is 4.79 Å². The van der Waals surface area contributed by atoms with Crippen LogP contribution in [0.25, 0.3) is 0 Å². The molecule has 0 saturated carbocycles. The molecule has 3 N–H and O–H groups in total. The van der Waals surface area contributed by atoms with Gasteiger partial charge in [-0.15, -0.1) is 12.4 Å². The molecular formula is C13H19ClN2O3. The normalized spacial score (nSPS) is 11.2. The molecule has 5 nitrogen and oxygen atoms in total. The van der Waals surface area contributed by atoms with Gasteiger partial charge in [0.05, 0.1) is 12.7 Å². The van der Waals surface area contributed by atoms with Gasteiger partial charge in [0, 0.05) is 18.2 Å². The average molecular weight is 287 g/mol. The van der Waals surface area contributed by atoms with E-state index in [1.807, 2.05) is 6.92 Å². The molecule has 6 heteroatoms. The van der Waals surface area contributed by atoms with Gasteiger partial charge >= 0.3 is 5.97 Å². The van der Waals surface area contributed by atoms with Crippen molar-refractivity contribution in [2.24, 2.45) is 5.73 Å². The van der Waals surface area contributed by atoms with Gasteiger partial charge in [0.1, 0.15) is 0 Å². The molecule has 1 atom stereocenters. The Morgan fingerprint density at radius 1 is 1.42 bits per heavy atom. The number of ether oxygens (including phenoxy) is 1. The molecule has 0 aliphatic heterocycles. The molecule has 106 valence electrons. The number of hydrogen-bond acceptors (Lipinski definition) is 4. The van der Waals surface area contributed by atoms with E-state index >= 15 is 0 Å². The predicted molar refractivity (Wildman–Crippen MR) is 76.7 cm³/mol. The second kappa shape index (κ2) is 7.76. The lowest BCUT2D eigenvalue weighted by Crippen LogP contribution is -2.24. The van der Waals surface area contributed by atoms with Gasteiger partial charge < -0.3 is 15.8 Å². The van der Waals surface area contributed by atoms with Crippen LogP contribution in [0.4, 0.5) is 5.69 Å². The first kappa shape index (κ1) is 17.4. The zero-order valence-electron chi connectivity index (χ0n) is 11.2. The molecule has 0 spiro atoms. The second-order valence-corrected chi connectivity index (χ2v) is 4.25. The van der Waals surface area contributed by atoms with E-state index in [-0.39, 0.29) is 30.8 Å². The Morgan fingerprint density at radius 3 is 2.58 bits per heavy atom. The number of amides is 1. The van der Waals surface area contributed by atoms with Crippen molar-refractivity contribution in [1.82, 2.24) is 0 Å². The molecule has 1 rings (SSSR count). The molecule has 0 aliphatic rings. The fourth-order valence-corrected chi connectivity index (χ4v) is 1.50. The number of esters is 1. The maximum Gasteiger partial charge on any atom is 0.337 e. The van der Waals surface area contributed by atoms with Crippen LogP contribution < -0.4 is 11.1 Å². The van der Waals surface area contributed by atoms with Crippen molar-refractivity contribution >= 4 is 30.0 Å². The number of carbonyl (C=O) groups excluding carboxylic acids is 2. The molecule has 0 radical (unpaired) electrons. The largest absolute Gasteiger partial charge is 0.465 e. The van der Waals surface area contributed by atoms with Crippen LogP contribution in [-0.2, 0) is 9.53 Å². The number of rotatable bonds is 4. The summed E-state index contributed by atoms with van der Waals surface area (Å²) in [5, 5.41) is 2.73. The van der Waals surface area contributed by atoms with E-state index in [0.717, 1.165) is 5.56 Å². The minimum absolute atomic E-state index is 0. The van der Waals surface area contributed by atoms with Crippen LogP contribution in [0, 0.1) is 6.92 Å². The molecule has 1 unspecified atom stereocenters. The van der Waals surface area contributed by atoms with Gasteiger partial charge in [-0.25, -0.2) is 4.79 Å². The van der Waals surface area contributed by atoms with Crippen LogP contribution in [0.1, 0.15) is 29.3 Å². The number of anilines is 1. The van der Waals surface area contributed by atoms with E-state index in [1.54, 1.807) is 25.1 Å². The van der Waals surface area contributed by atoms with E-state index in [0.29, 0.717) is 11.3 Å². The number of aryl methyl sites for hydroxylation is 1. The Kier molecular flexibility index (Phi) is 7.11. The molecule has 0 heterocycles. The molecule has 0 aliphatic carbocycles. The summed E-state index contributed by atoms with van der Waals surface area (Å²) in [5.74, 6) is -0.604. The number of benzene rings is 1. The Balaban J connectivity index is 0.00000324. The molecule has 0 aromatic heterocycles. The molecule has 1 amide bonds. The highest BCUT2D eigenvalue weighted by atomic mass is 35.5.